The lowest BCUT2D eigenvalue weighted by atomic mass is 9.89. The monoisotopic (exact) mass is 185 g/mol. The maximum Gasteiger partial charge on any atom is 0.0891 e. The topological polar surface area (TPSA) is 29.4 Å². The Bertz CT molecular complexity index is 136. The highest BCUT2D eigenvalue weighted by molar-refractivity contribution is 4.63. The third-order valence-electron chi connectivity index (χ3n) is 3.08. The largest absolute Gasteiger partial charge is 0.151 e. The van der Waals surface area contributed by atoms with Gasteiger partial charge in [-0.15, -0.1) is 0 Å². The van der Waals surface area contributed by atoms with Crippen LogP contribution in [0.2, 0.25) is 0 Å². The molecule has 0 heterocycles. The summed E-state index contributed by atoms with van der Waals surface area (Å²) < 4.78 is 0. The van der Waals surface area contributed by atoms with Gasteiger partial charge in [0.25, 0.3) is 0 Å². The van der Waals surface area contributed by atoms with Crippen LogP contribution in [0.4, 0.5) is 0 Å². The zero-order chi connectivity index (χ0) is 10.3. The smallest absolute Gasteiger partial charge is 0.0891 e. The van der Waals surface area contributed by atoms with Crippen LogP contribution in [0.3, 0.4) is 0 Å². The van der Waals surface area contributed by atoms with Crippen LogP contribution in [0.1, 0.15) is 53.4 Å². The summed E-state index contributed by atoms with van der Waals surface area (Å²) in [7, 11) is 0. The minimum atomic E-state index is 0.00383. The van der Waals surface area contributed by atoms with Crippen molar-refractivity contribution in [2.75, 3.05) is 0 Å². The second kappa shape index (κ2) is 7.05. The van der Waals surface area contributed by atoms with Crippen molar-refractivity contribution in [3.8, 4) is 0 Å². The molecule has 0 spiro atoms. The van der Waals surface area contributed by atoms with Crippen LogP contribution in [0.5, 0.6) is 0 Å². The SMILES string of the molecule is CCC(C)C(C)CCCC(C)N=O. The van der Waals surface area contributed by atoms with E-state index in [9.17, 15) is 4.91 Å². The molecule has 0 N–H and O–H groups in total. The van der Waals surface area contributed by atoms with E-state index >= 15 is 0 Å². The second-order valence-electron chi connectivity index (χ2n) is 4.25. The van der Waals surface area contributed by atoms with Gasteiger partial charge < -0.3 is 0 Å². The van der Waals surface area contributed by atoms with Crippen molar-refractivity contribution >= 4 is 0 Å². The summed E-state index contributed by atoms with van der Waals surface area (Å²) in [4.78, 5) is 10.1. The van der Waals surface area contributed by atoms with E-state index < -0.39 is 0 Å². The van der Waals surface area contributed by atoms with Gasteiger partial charge >= 0.3 is 0 Å². The first-order valence-corrected chi connectivity index (χ1v) is 5.44. The van der Waals surface area contributed by atoms with Crippen LogP contribution in [-0.4, -0.2) is 6.04 Å². The van der Waals surface area contributed by atoms with E-state index in [2.05, 4.69) is 25.9 Å². The molecule has 2 nitrogen and oxygen atoms in total. The van der Waals surface area contributed by atoms with E-state index in [4.69, 9.17) is 0 Å². The number of hydrogen-bond donors (Lipinski definition) is 0. The lowest BCUT2D eigenvalue weighted by Gasteiger charge is -2.17. The molecule has 3 unspecified atom stereocenters. The van der Waals surface area contributed by atoms with Crippen LogP contribution in [0.15, 0.2) is 5.18 Å². The first-order valence-electron chi connectivity index (χ1n) is 5.44. The highest BCUT2D eigenvalue weighted by atomic mass is 16.3. The Morgan fingerprint density at radius 3 is 2.15 bits per heavy atom. The van der Waals surface area contributed by atoms with E-state index in [1.54, 1.807) is 0 Å². The average Bonchev–Trinajstić information content (AvgIpc) is 2.15. The Morgan fingerprint density at radius 1 is 1.08 bits per heavy atom. The summed E-state index contributed by atoms with van der Waals surface area (Å²) in [5.41, 5.74) is 0. The second-order valence-corrected chi connectivity index (χ2v) is 4.25. The Hall–Kier alpha value is -0.400. The summed E-state index contributed by atoms with van der Waals surface area (Å²) in [6, 6.07) is 0.00383. The van der Waals surface area contributed by atoms with Gasteiger partial charge in [0, 0.05) is 0 Å². The molecular weight excluding hydrogens is 162 g/mol. The molecular formula is C11H23NO. The molecule has 0 rings (SSSR count). The molecule has 0 aliphatic heterocycles. The summed E-state index contributed by atoms with van der Waals surface area (Å²) in [6.45, 7) is 8.72. The molecule has 3 atom stereocenters. The molecule has 2 heteroatoms. The molecule has 0 radical (unpaired) electrons. The zero-order valence-electron chi connectivity index (χ0n) is 9.42. The summed E-state index contributed by atoms with van der Waals surface area (Å²) in [5, 5.41) is 3.00. The van der Waals surface area contributed by atoms with Gasteiger partial charge in [-0.1, -0.05) is 45.2 Å². The lowest BCUT2D eigenvalue weighted by Crippen LogP contribution is -2.07. The molecule has 13 heavy (non-hydrogen) atoms. The van der Waals surface area contributed by atoms with Crippen LogP contribution in [0, 0.1) is 16.7 Å². The Morgan fingerprint density at radius 2 is 1.69 bits per heavy atom. The standard InChI is InChI=1S/C11H23NO/c1-5-9(2)10(3)7-6-8-11(4)12-13/h9-11H,5-8H2,1-4H3. The van der Waals surface area contributed by atoms with E-state index in [1.807, 2.05) is 6.92 Å². The molecule has 0 saturated heterocycles. The highest BCUT2D eigenvalue weighted by Crippen LogP contribution is 2.21. The maximum absolute atomic E-state index is 10.1. The molecule has 0 aliphatic carbocycles. The van der Waals surface area contributed by atoms with E-state index in [1.165, 1.54) is 12.8 Å². The van der Waals surface area contributed by atoms with Crippen LogP contribution in [0.25, 0.3) is 0 Å². The van der Waals surface area contributed by atoms with Crippen molar-refractivity contribution in [1.29, 1.82) is 0 Å². The van der Waals surface area contributed by atoms with Crippen LogP contribution >= 0.6 is 0 Å². The average molecular weight is 185 g/mol. The van der Waals surface area contributed by atoms with E-state index in [-0.39, 0.29) is 6.04 Å². The lowest BCUT2D eigenvalue weighted by molar-refractivity contribution is 0.341. The van der Waals surface area contributed by atoms with Crippen molar-refractivity contribution in [2.45, 2.75) is 59.4 Å². The van der Waals surface area contributed by atoms with Crippen molar-refractivity contribution in [1.82, 2.24) is 0 Å². The van der Waals surface area contributed by atoms with Gasteiger partial charge in [-0.05, 0) is 25.2 Å². The van der Waals surface area contributed by atoms with Crippen molar-refractivity contribution in [3.05, 3.63) is 4.91 Å². The Labute approximate surface area is 82.1 Å². The fourth-order valence-electron chi connectivity index (χ4n) is 1.47. The molecule has 0 aliphatic rings. The fourth-order valence-corrected chi connectivity index (χ4v) is 1.47. The molecule has 0 aromatic rings. The maximum atomic E-state index is 10.1. The van der Waals surface area contributed by atoms with Gasteiger partial charge in [-0.2, -0.15) is 4.91 Å². The van der Waals surface area contributed by atoms with Gasteiger partial charge in [0.15, 0.2) is 0 Å². The van der Waals surface area contributed by atoms with Gasteiger partial charge in [0.2, 0.25) is 0 Å². The number of nitrogens with zero attached hydrogens (tertiary/aromatic N) is 1. The third-order valence-corrected chi connectivity index (χ3v) is 3.08. The first kappa shape index (κ1) is 12.6. The molecule has 0 bridgehead atoms. The molecule has 0 saturated carbocycles. The Kier molecular flexibility index (Phi) is 6.83. The fraction of sp³-hybridized carbons (Fsp3) is 1.00. The number of rotatable bonds is 7. The van der Waals surface area contributed by atoms with E-state index in [0.717, 1.165) is 24.7 Å². The molecule has 78 valence electrons. The highest BCUT2D eigenvalue weighted by Gasteiger charge is 2.10. The normalized spacial score (nSPS) is 17.8. The summed E-state index contributed by atoms with van der Waals surface area (Å²) in [5.74, 6) is 1.59. The molecule has 0 aromatic carbocycles. The molecule has 0 fully saturated rings. The van der Waals surface area contributed by atoms with Gasteiger partial charge in [0.1, 0.15) is 0 Å². The van der Waals surface area contributed by atoms with E-state index in [0.29, 0.717) is 0 Å². The van der Waals surface area contributed by atoms with Crippen molar-refractivity contribution in [2.24, 2.45) is 17.0 Å². The third kappa shape index (κ3) is 5.78. The number of nitroso groups, excluding NO2 is 1. The summed E-state index contributed by atoms with van der Waals surface area (Å²) >= 11 is 0. The Balaban J connectivity index is 3.46. The molecule has 0 amide bonds. The predicted molar refractivity (Wildman–Crippen MR) is 57.7 cm³/mol. The van der Waals surface area contributed by atoms with Gasteiger partial charge in [0.05, 0.1) is 6.04 Å². The van der Waals surface area contributed by atoms with Gasteiger partial charge in [-0.25, -0.2) is 0 Å². The van der Waals surface area contributed by atoms with Crippen molar-refractivity contribution in [3.63, 3.8) is 0 Å². The minimum Gasteiger partial charge on any atom is -0.151 e. The summed E-state index contributed by atoms with van der Waals surface area (Å²) in [6.07, 6.45) is 4.57. The molecule has 0 aromatic heterocycles. The van der Waals surface area contributed by atoms with Gasteiger partial charge in [-0.3, -0.25) is 0 Å². The van der Waals surface area contributed by atoms with Crippen LogP contribution < -0.4 is 0 Å². The quantitative estimate of drug-likeness (QED) is 0.551. The predicted octanol–water partition coefficient (Wildman–Crippen LogP) is 3.99. The number of hydrogen-bond acceptors (Lipinski definition) is 2. The zero-order valence-corrected chi connectivity index (χ0v) is 9.42. The van der Waals surface area contributed by atoms with Crippen LogP contribution in [-0.2, 0) is 0 Å². The van der Waals surface area contributed by atoms with Crippen molar-refractivity contribution < 1.29 is 0 Å². The minimum absolute atomic E-state index is 0.00383. The first-order chi connectivity index (χ1) is 6.11.